The van der Waals surface area contributed by atoms with Crippen LogP contribution < -0.4 is 15.4 Å². The van der Waals surface area contributed by atoms with Gasteiger partial charge in [-0.1, -0.05) is 13.3 Å². The first-order valence-corrected chi connectivity index (χ1v) is 7.59. The van der Waals surface area contributed by atoms with Crippen LogP contribution in [0.15, 0.2) is 0 Å². The molecule has 6 nitrogen and oxygen atoms in total. The van der Waals surface area contributed by atoms with Crippen LogP contribution in [0.5, 0.6) is 6.01 Å². The number of nitrogens with one attached hydrogen (secondary N) is 2. The number of nitrogens with zero attached hydrogens (tertiary/aromatic N) is 3. The van der Waals surface area contributed by atoms with Gasteiger partial charge in [-0.2, -0.15) is 15.0 Å². The molecule has 0 saturated heterocycles. The van der Waals surface area contributed by atoms with E-state index in [1.807, 2.05) is 0 Å². The van der Waals surface area contributed by atoms with E-state index >= 15 is 0 Å². The minimum atomic E-state index is 0.365. The Morgan fingerprint density at radius 2 is 2.00 bits per heavy atom. The summed E-state index contributed by atoms with van der Waals surface area (Å²) < 4.78 is 5.16. The second-order valence-corrected chi connectivity index (χ2v) is 5.82. The van der Waals surface area contributed by atoms with E-state index in [-0.39, 0.29) is 0 Å². The SMILES string of the molecule is CCCNc1nc(NC2CC3CCC2C3)nc(OC)n1. The molecule has 110 valence electrons. The largest absolute Gasteiger partial charge is 0.467 e. The van der Waals surface area contributed by atoms with Crippen molar-refractivity contribution in [1.29, 1.82) is 0 Å². The molecule has 2 saturated carbocycles. The van der Waals surface area contributed by atoms with Crippen LogP contribution in [0, 0.1) is 11.8 Å². The number of anilines is 2. The maximum atomic E-state index is 5.16. The fourth-order valence-electron chi connectivity index (χ4n) is 3.42. The normalized spacial score (nSPS) is 27.6. The molecule has 0 spiro atoms. The maximum absolute atomic E-state index is 5.16. The van der Waals surface area contributed by atoms with Crippen molar-refractivity contribution in [2.75, 3.05) is 24.3 Å². The second kappa shape index (κ2) is 5.81. The van der Waals surface area contributed by atoms with Gasteiger partial charge < -0.3 is 15.4 Å². The first-order chi connectivity index (χ1) is 9.78. The molecule has 0 radical (unpaired) electrons. The first-order valence-electron chi connectivity index (χ1n) is 7.59. The highest BCUT2D eigenvalue weighted by atomic mass is 16.5. The standard InChI is InChI=1S/C14H23N5O/c1-3-6-15-12-17-13(19-14(18-12)20-2)16-11-8-9-4-5-10(11)7-9/h9-11H,3-8H2,1-2H3,(H2,15,16,17,18,19). The fourth-order valence-corrected chi connectivity index (χ4v) is 3.42. The number of hydrogen-bond acceptors (Lipinski definition) is 6. The van der Waals surface area contributed by atoms with E-state index in [2.05, 4.69) is 32.5 Å². The smallest absolute Gasteiger partial charge is 0.322 e. The van der Waals surface area contributed by atoms with Crippen molar-refractivity contribution in [2.24, 2.45) is 11.8 Å². The van der Waals surface area contributed by atoms with Gasteiger partial charge in [-0.05, 0) is 37.5 Å². The van der Waals surface area contributed by atoms with Crippen LogP contribution in [0.4, 0.5) is 11.9 Å². The van der Waals surface area contributed by atoms with Crippen LogP contribution >= 0.6 is 0 Å². The molecule has 3 atom stereocenters. The van der Waals surface area contributed by atoms with Gasteiger partial charge in [0.25, 0.3) is 0 Å². The van der Waals surface area contributed by atoms with Gasteiger partial charge in [0, 0.05) is 12.6 Å². The van der Waals surface area contributed by atoms with Crippen molar-refractivity contribution in [3.05, 3.63) is 0 Å². The van der Waals surface area contributed by atoms with Crippen LogP contribution in [0.25, 0.3) is 0 Å². The summed E-state index contributed by atoms with van der Waals surface area (Å²) in [5.41, 5.74) is 0. The van der Waals surface area contributed by atoms with Gasteiger partial charge in [-0.15, -0.1) is 0 Å². The molecule has 1 aromatic rings. The Morgan fingerprint density at radius 1 is 1.15 bits per heavy atom. The lowest BCUT2D eigenvalue weighted by Crippen LogP contribution is -2.27. The van der Waals surface area contributed by atoms with Crippen LogP contribution in [0.1, 0.15) is 39.0 Å². The lowest BCUT2D eigenvalue weighted by Gasteiger charge is -2.23. The molecule has 1 aromatic heterocycles. The summed E-state index contributed by atoms with van der Waals surface area (Å²) in [5, 5.41) is 6.67. The highest BCUT2D eigenvalue weighted by Gasteiger charge is 2.39. The summed E-state index contributed by atoms with van der Waals surface area (Å²) in [4.78, 5) is 13.0. The lowest BCUT2D eigenvalue weighted by molar-refractivity contribution is 0.378. The van der Waals surface area contributed by atoms with Gasteiger partial charge >= 0.3 is 6.01 Å². The fraction of sp³-hybridized carbons (Fsp3) is 0.786. The summed E-state index contributed by atoms with van der Waals surface area (Å²) >= 11 is 0. The summed E-state index contributed by atoms with van der Waals surface area (Å²) in [7, 11) is 1.58. The van der Waals surface area contributed by atoms with Crippen molar-refractivity contribution in [1.82, 2.24) is 15.0 Å². The van der Waals surface area contributed by atoms with Crippen LogP contribution in [0.3, 0.4) is 0 Å². The lowest BCUT2D eigenvalue weighted by atomic mass is 9.95. The molecule has 20 heavy (non-hydrogen) atoms. The molecule has 0 amide bonds. The zero-order valence-corrected chi connectivity index (χ0v) is 12.2. The molecule has 2 aliphatic carbocycles. The van der Waals surface area contributed by atoms with E-state index in [1.54, 1.807) is 7.11 Å². The zero-order valence-electron chi connectivity index (χ0n) is 12.2. The predicted octanol–water partition coefficient (Wildman–Crippen LogP) is 2.30. The maximum Gasteiger partial charge on any atom is 0.322 e. The number of ether oxygens (including phenoxy) is 1. The molecule has 1 heterocycles. The minimum Gasteiger partial charge on any atom is -0.467 e. The quantitative estimate of drug-likeness (QED) is 0.831. The van der Waals surface area contributed by atoms with E-state index in [0.29, 0.717) is 23.9 Å². The van der Waals surface area contributed by atoms with E-state index in [9.17, 15) is 0 Å². The average Bonchev–Trinajstić information content (AvgIpc) is 3.07. The first kappa shape index (κ1) is 13.4. The molecular formula is C14H23N5O. The Labute approximate surface area is 119 Å². The number of fused-ring (bicyclic) bond motifs is 2. The summed E-state index contributed by atoms with van der Waals surface area (Å²) in [6.07, 6.45) is 6.37. The third kappa shape index (κ3) is 2.78. The molecule has 2 aliphatic rings. The minimum absolute atomic E-state index is 0.365. The molecule has 3 unspecified atom stereocenters. The van der Waals surface area contributed by atoms with E-state index < -0.39 is 0 Å². The highest BCUT2D eigenvalue weighted by Crippen LogP contribution is 2.45. The molecule has 3 rings (SSSR count). The Balaban J connectivity index is 1.71. The number of aromatic nitrogens is 3. The van der Waals surface area contributed by atoms with Gasteiger partial charge in [0.2, 0.25) is 11.9 Å². The third-order valence-corrected chi connectivity index (χ3v) is 4.38. The van der Waals surface area contributed by atoms with Crippen LogP contribution in [0.2, 0.25) is 0 Å². The Bertz CT molecular complexity index is 467. The van der Waals surface area contributed by atoms with Crippen molar-refractivity contribution in [3.8, 4) is 6.01 Å². The van der Waals surface area contributed by atoms with Gasteiger partial charge in [-0.25, -0.2) is 0 Å². The number of methoxy groups -OCH3 is 1. The Hall–Kier alpha value is -1.59. The van der Waals surface area contributed by atoms with E-state index in [0.717, 1.165) is 24.8 Å². The van der Waals surface area contributed by atoms with Gasteiger partial charge in [0.1, 0.15) is 0 Å². The average molecular weight is 277 g/mol. The van der Waals surface area contributed by atoms with Gasteiger partial charge in [0.05, 0.1) is 7.11 Å². The van der Waals surface area contributed by atoms with E-state index in [1.165, 1.54) is 25.7 Å². The Kier molecular flexibility index (Phi) is 3.89. The predicted molar refractivity (Wildman–Crippen MR) is 78.0 cm³/mol. The van der Waals surface area contributed by atoms with Gasteiger partial charge in [-0.3, -0.25) is 0 Å². The molecule has 2 N–H and O–H groups in total. The zero-order chi connectivity index (χ0) is 13.9. The van der Waals surface area contributed by atoms with Crippen molar-refractivity contribution < 1.29 is 4.74 Å². The number of hydrogen-bond donors (Lipinski definition) is 2. The van der Waals surface area contributed by atoms with Gasteiger partial charge in [0.15, 0.2) is 0 Å². The molecular weight excluding hydrogens is 254 g/mol. The molecule has 0 aliphatic heterocycles. The Morgan fingerprint density at radius 3 is 2.65 bits per heavy atom. The molecule has 0 aromatic carbocycles. The number of rotatable bonds is 6. The third-order valence-electron chi connectivity index (χ3n) is 4.38. The summed E-state index contributed by atoms with van der Waals surface area (Å²) in [6.45, 7) is 2.96. The van der Waals surface area contributed by atoms with E-state index in [4.69, 9.17) is 4.74 Å². The monoisotopic (exact) mass is 277 g/mol. The van der Waals surface area contributed by atoms with Crippen molar-refractivity contribution in [2.45, 2.75) is 45.1 Å². The summed E-state index contributed by atoms with van der Waals surface area (Å²) in [5.74, 6) is 2.91. The topological polar surface area (TPSA) is 72.0 Å². The van der Waals surface area contributed by atoms with Crippen LogP contribution in [-0.4, -0.2) is 34.6 Å². The van der Waals surface area contributed by atoms with Crippen molar-refractivity contribution >= 4 is 11.9 Å². The van der Waals surface area contributed by atoms with Crippen LogP contribution in [-0.2, 0) is 0 Å². The second-order valence-electron chi connectivity index (χ2n) is 5.82. The highest BCUT2D eigenvalue weighted by molar-refractivity contribution is 5.37. The molecule has 2 bridgehead atoms. The molecule has 6 heteroatoms. The molecule has 2 fully saturated rings. The van der Waals surface area contributed by atoms with Crippen molar-refractivity contribution in [3.63, 3.8) is 0 Å². The summed E-state index contributed by atoms with van der Waals surface area (Å²) in [6, 6.07) is 0.879.